The van der Waals surface area contributed by atoms with Crippen LogP contribution in [0.1, 0.15) is 10.4 Å². The van der Waals surface area contributed by atoms with Gasteiger partial charge >= 0.3 is 0 Å². The van der Waals surface area contributed by atoms with Crippen LogP contribution >= 0.6 is 15.9 Å². The molecule has 0 spiro atoms. The lowest BCUT2D eigenvalue weighted by molar-refractivity contribution is 0.102. The monoisotopic (exact) mass is 342 g/mol. The van der Waals surface area contributed by atoms with E-state index in [1.807, 2.05) is 24.4 Å². The molecule has 0 aliphatic heterocycles. The average molecular weight is 343 g/mol. The Labute approximate surface area is 129 Å². The van der Waals surface area contributed by atoms with Gasteiger partial charge in [0.1, 0.15) is 0 Å². The minimum atomic E-state index is -0.170. The third-order valence-corrected chi connectivity index (χ3v) is 3.38. The molecule has 21 heavy (non-hydrogen) atoms. The standard InChI is InChI=1S/C15H11BrN4O/c16-12-4-2-11(3-5-12)15(21)19-13-6-7-14(17-10-13)20-9-1-8-18-20/h1-10H,(H,19,21). The van der Waals surface area contributed by atoms with Crippen LogP contribution < -0.4 is 5.32 Å². The lowest BCUT2D eigenvalue weighted by atomic mass is 10.2. The van der Waals surface area contributed by atoms with Crippen molar-refractivity contribution in [1.82, 2.24) is 14.8 Å². The van der Waals surface area contributed by atoms with Crippen molar-refractivity contribution in [2.75, 3.05) is 5.32 Å². The molecule has 1 amide bonds. The Morgan fingerprint density at radius 1 is 1.14 bits per heavy atom. The van der Waals surface area contributed by atoms with E-state index in [1.165, 1.54) is 0 Å². The first-order chi connectivity index (χ1) is 10.2. The molecule has 2 heterocycles. The van der Waals surface area contributed by atoms with Crippen molar-refractivity contribution >= 4 is 27.5 Å². The number of hydrogen-bond acceptors (Lipinski definition) is 3. The van der Waals surface area contributed by atoms with E-state index in [0.29, 0.717) is 17.1 Å². The van der Waals surface area contributed by atoms with Crippen LogP contribution in [0.4, 0.5) is 5.69 Å². The summed E-state index contributed by atoms with van der Waals surface area (Å²) in [5, 5.41) is 6.90. The summed E-state index contributed by atoms with van der Waals surface area (Å²) in [6, 6.07) is 12.6. The average Bonchev–Trinajstić information content (AvgIpc) is 3.03. The molecule has 1 aromatic carbocycles. The van der Waals surface area contributed by atoms with Gasteiger partial charge in [-0.1, -0.05) is 15.9 Å². The number of benzene rings is 1. The number of nitrogens with zero attached hydrogens (tertiary/aromatic N) is 3. The van der Waals surface area contributed by atoms with Gasteiger partial charge in [-0.15, -0.1) is 0 Å². The highest BCUT2D eigenvalue weighted by Gasteiger charge is 2.06. The van der Waals surface area contributed by atoms with Crippen molar-refractivity contribution < 1.29 is 4.79 Å². The number of rotatable bonds is 3. The third kappa shape index (κ3) is 3.17. The van der Waals surface area contributed by atoms with E-state index in [4.69, 9.17) is 0 Å². The molecule has 3 rings (SSSR count). The Bertz CT molecular complexity index is 736. The molecule has 0 atom stereocenters. The SMILES string of the molecule is O=C(Nc1ccc(-n2cccn2)nc1)c1ccc(Br)cc1. The number of pyridine rings is 1. The Hall–Kier alpha value is -2.47. The fourth-order valence-corrected chi connectivity index (χ4v) is 2.07. The summed E-state index contributed by atoms with van der Waals surface area (Å²) < 4.78 is 2.59. The van der Waals surface area contributed by atoms with Gasteiger partial charge in [-0.05, 0) is 42.5 Å². The maximum absolute atomic E-state index is 12.1. The number of anilines is 1. The molecule has 0 aliphatic rings. The minimum absolute atomic E-state index is 0.170. The first-order valence-electron chi connectivity index (χ1n) is 6.25. The topological polar surface area (TPSA) is 59.8 Å². The third-order valence-electron chi connectivity index (χ3n) is 2.85. The molecule has 3 aromatic rings. The van der Waals surface area contributed by atoms with E-state index in [2.05, 4.69) is 31.3 Å². The minimum Gasteiger partial charge on any atom is -0.321 e. The first-order valence-corrected chi connectivity index (χ1v) is 7.05. The molecule has 6 heteroatoms. The van der Waals surface area contributed by atoms with Crippen LogP contribution in [0.5, 0.6) is 0 Å². The van der Waals surface area contributed by atoms with Crippen LogP contribution in [0.3, 0.4) is 0 Å². The Morgan fingerprint density at radius 2 is 1.95 bits per heavy atom. The second-order valence-corrected chi connectivity index (χ2v) is 5.23. The maximum Gasteiger partial charge on any atom is 0.255 e. The van der Waals surface area contributed by atoms with E-state index >= 15 is 0 Å². The van der Waals surface area contributed by atoms with Crippen molar-refractivity contribution in [2.24, 2.45) is 0 Å². The number of aromatic nitrogens is 3. The molecule has 0 aliphatic carbocycles. The van der Waals surface area contributed by atoms with Crippen molar-refractivity contribution in [3.63, 3.8) is 0 Å². The normalized spacial score (nSPS) is 10.3. The summed E-state index contributed by atoms with van der Waals surface area (Å²) >= 11 is 3.34. The molecule has 5 nitrogen and oxygen atoms in total. The van der Waals surface area contributed by atoms with Crippen molar-refractivity contribution in [1.29, 1.82) is 0 Å². The van der Waals surface area contributed by atoms with E-state index in [0.717, 1.165) is 4.47 Å². The van der Waals surface area contributed by atoms with Gasteiger partial charge in [0, 0.05) is 22.4 Å². The molecule has 0 saturated carbocycles. The molecule has 0 fully saturated rings. The van der Waals surface area contributed by atoms with Gasteiger partial charge in [0.2, 0.25) is 0 Å². The van der Waals surface area contributed by atoms with Gasteiger partial charge in [-0.2, -0.15) is 5.10 Å². The summed E-state index contributed by atoms with van der Waals surface area (Å²) in [5.74, 6) is 0.526. The molecule has 1 N–H and O–H groups in total. The van der Waals surface area contributed by atoms with Crippen molar-refractivity contribution in [2.45, 2.75) is 0 Å². The predicted octanol–water partition coefficient (Wildman–Crippen LogP) is 3.28. The quantitative estimate of drug-likeness (QED) is 0.794. The first kappa shape index (κ1) is 13.5. The molecular weight excluding hydrogens is 332 g/mol. The summed E-state index contributed by atoms with van der Waals surface area (Å²) in [7, 11) is 0. The zero-order chi connectivity index (χ0) is 14.7. The van der Waals surface area contributed by atoms with Crippen LogP contribution in [0.15, 0.2) is 65.5 Å². The van der Waals surface area contributed by atoms with Gasteiger partial charge in [-0.25, -0.2) is 9.67 Å². The zero-order valence-electron chi connectivity index (χ0n) is 10.9. The number of halogens is 1. The molecule has 0 unspecified atom stereocenters. The highest BCUT2D eigenvalue weighted by molar-refractivity contribution is 9.10. The molecule has 0 bridgehead atoms. The number of carbonyl (C=O) groups excluding carboxylic acids is 1. The Morgan fingerprint density at radius 3 is 2.57 bits per heavy atom. The second kappa shape index (κ2) is 5.88. The van der Waals surface area contributed by atoms with Gasteiger partial charge in [0.05, 0.1) is 11.9 Å². The smallest absolute Gasteiger partial charge is 0.255 e. The number of hydrogen-bond donors (Lipinski definition) is 1. The van der Waals surface area contributed by atoms with Crippen LogP contribution in [0.2, 0.25) is 0 Å². The van der Waals surface area contributed by atoms with Crippen LogP contribution in [0.25, 0.3) is 5.82 Å². The number of carbonyl (C=O) groups is 1. The lowest BCUT2D eigenvalue weighted by Crippen LogP contribution is -2.12. The second-order valence-electron chi connectivity index (χ2n) is 4.32. The molecule has 0 radical (unpaired) electrons. The van der Waals surface area contributed by atoms with Crippen LogP contribution in [0, 0.1) is 0 Å². The van der Waals surface area contributed by atoms with E-state index < -0.39 is 0 Å². The van der Waals surface area contributed by atoms with E-state index in [-0.39, 0.29) is 5.91 Å². The highest BCUT2D eigenvalue weighted by Crippen LogP contribution is 2.13. The molecule has 104 valence electrons. The lowest BCUT2D eigenvalue weighted by Gasteiger charge is -2.06. The van der Waals surface area contributed by atoms with Gasteiger partial charge in [-0.3, -0.25) is 4.79 Å². The number of amides is 1. The fraction of sp³-hybridized carbons (Fsp3) is 0. The Balaban J connectivity index is 1.73. The molecule has 0 saturated heterocycles. The summed E-state index contributed by atoms with van der Waals surface area (Å²) in [5.41, 5.74) is 1.23. The summed E-state index contributed by atoms with van der Waals surface area (Å²) in [6.07, 6.45) is 5.10. The summed E-state index contributed by atoms with van der Waals surface area (Å²) in [4.78, 5) is 16.3. The van der Waals surface area contributed by atoms with Crippen LogP contribution in [-0.2, 0) is 0 Å². The van der Waals surface area contributed by atoms with E-state index in [1.54, 1.807) is 41.3 Å². The zero-order valence-corrected chi connectivity index (χ0v) is 12.5. The molecule has 2 aromatic heterocycles. The van der Waals surface area contributed by atoms with Crippen molar-refractivity contribution in [3.05, 3.63) is 71.1 Å². The highest BCUT2D eigenvalue weighted by atomic mass is 79.9. The largest absolute Gasteiger partial charge is 0.321 e. The Kier molecular flexibility index (Phi) is 3.79. The predicted molar refractivity (Wildman–Crippen MR) is 83.5 cm³/mol. The molecular formula is C15H11BrN4O. The van der Waals surface area contributed by atoms with Crippen molar-refractivity contribution in [3.8, 4) is 5.82 Å². The summed E-state index contributed by atoms with van der Waals surface area (Å²) in [6.45, 7) is 0. The van der Waals surface area contributed by atoms with Gasteiger partial charge in [0.25, 0.3) is 5.91 Å². The maximum atomic E-state index is 12.1. The van der Waals surface area contributed by atoms with Crippen LogP contribution in [-0.4, -0.2) is 20.7 Å². The fourth-order valence-electron chi connectivity index (χ4n) is 1.80. The van der Waals surface area contributed by atoms with Gasteiger partial charge < -0.3 is 5.32 Å². The number of nitrogens with one attached hydrogen (secondary N) is 1. The van der Waals surface area contributed by atoms with Gasteiger partial charge in [0.15, 0.2) is 5.82 Å². The van der Waals surface area contributed by atoms with E-state index in [9.17, 15) is 4.79 Å².